The number of anilines is 1. The lowest BCUT2D eigenvalue weighted by atomic mass is 9.84. The molecular formula is C37H41ClN2O6. The average molecular weight is 645 g/mol. The highest BCUT2D eigenvalue weighted by atomic mass is 35.5. The molecule has 3 atom stereocenters. The highest BCUT2D eigenvalue weighted by Gasteiger charge is 2.65. The quantitative estimate of drug-likeness (QED) is 0.0431. The molecule has 0 radical (unpaired) electrons. The second kappa shape index (κ2) is 15.8. The maximum Gasteiger partial charge on any atom is 0.351 e. The standard InChI is InChI=1S/C37H41ClN2O6/c1-4-5-6-7-11-19-28(24-23-26(3)38)46-36(45)37(32(41)29-20-13-12-16-25(29)2,35(44)39-27-17-9-8-10-18-27)40-33(42)30-21-14-15-22-31(30)34(40)43/h8-10,12-18,20-22,26,28H,4-7,11,19,23-24H2,1-3H3,(H,39,44). The first kappa shape index (κ1) is 34.6. The normalized spacial score (nSPS) is 15.1. The number of carbonyl (C=O) groups is 5. The van der Waals surface area contributed by atoms with Crippen molar-refractivity contribution < 1.29 is 28.7 Å². The molecule has 1 aliphatic heterocycles. The van der Waals surface area contributed by atoms with E-state index in [4.69, 9.17) is 16.3 Å². The molecule has 4 rings (SSSR count). The van der Waals surface area contributed by atoms with E-state index >= 15 is 0 Å². The van der Waals surface area contributed by atoms with Crippen LogP contribution in [0.3, 0.4) is 0 Å². The van der Waals surface area contributed by atoms with E-state index < -0.39 is 41.1 Å². The van der Waals surface area contributed by atoms with Crippen LogP contribution in [0.1, 0.15) is 102 Å². The summed E-state index contributed by atoms with van der Waals surface area (Å²) in [6.45, 7) is 5.61. The van der Waals surface area contributed by atoms with E-state index in [2.05, 4.69) is 12.2 Å². The number of ketones is 1. The molecule has 3 amide bonds. The highest BCUT2D eigenvalue weighted by Crippen LogP contribution is 2.36. The average Bonchev–Trinajstić information content (AvgIpc) is 3.30. The molecule has 0 aromatic heterocycles. The molecule has 9 heteroatoms. The van der Waals surface area contributed by atoms with Crippen LogP contribution in [-0.2, 0) is 14.3 Å². The predicted molar refractivity (Wildman–Crippen MR) is 178 cm³/mol. The van der Waals surface area contributed by atoms with Crippen molar-refractivity contribution in [2.24, 2.45) is 0 Å². The summed E-state index contributed by atoms with van der Waals surface area (Å²) in [4.78, 5) is 72.8. The number of para-hydroxylation sites is 1. The van der Waals surface area contributed by atoms with E-state index in [1.165, 1.54) is 18.2 Å². The third kappa shape index (κ3) is 7.39. The van der Waals surface area contributed by atoms with Gasteiger partial charge in [0, 0.05) is 16.6 Å². The first-order valence-corrected chi connectivity index (χ1v) is 16.4. The Morgan fingerprint density at radius 3 is 2.00 bits per heavy atom. The van der Waals surface area contributed by atoms with E-state index in [0.29, 0.717) is 29.7 Å². The van der Waals surface area contributed by atoms with E-state index in [9.17, 15) is 24.0 Å². The number of rotatable bonds is 16. The molecule has 0 saturated carbocycles. The molecule has 8 nitrogen and oxygen atoms in total. The zero-order valence-electron chi connectivity index (χ0n) is 26.6. The van der Waals surface area contributed by atoms with Gasteiger partial charge in [0.05, 0.1) is 11.1 Å². The predicted octanol–water partition coefficient (Wildman–Crippen LogP) is 7.53. The molecule has 242 valence electrons. The van der Waals surface area contributed by atoms with Crippen molar-refractivity contribution >= 4 is 46.8 Å². The number of nitrogens with one attached hydrogen (secondary N) is 1. The van der Waals surface area contributed by atoms with Crippen molar-refractivity contribution in [3.8, 4) is 0 Å². The number of fused-ring (bicyclic) bond motifs is 1. The SMILES string of the molecule is CCCCCCCC(CCC(C)Cl)OC(=O)C(C(=O)Nc1ccccc1)(C(=O)c1ccccc1C)N1C(=O)c2ccccc2C1=O. The Labute approximate surface area is 275 Å². The van der Waals surface area contributed by atoms with Crippen LogP contribution in [0.15, 0.2) is 78.9 Å². The molecule has 0 spiro atoms. The van der Waals surface area contributed by atoms with Crippen molar-refractivity contribution in [3.63, 3.8) is 0 Å². The number of esters is 1. The van der Waals surface area contributed by atoms with Crippen molar-refractivity contribution in [2.45, 2.75) is 89.2 Å². The Hall–Kier alpha value is -4.30. The number of imide groups is 1. The van der Waals surface area contributed by atoms with Gasteiger partial charge < -0.3 is 10.1 Å². The lowest BCUT2D eigenvalue weighted by molar-refractivity contribution is -0.161. The van der Waals surface area contributed by atoms with Crippen LogP contribution in [0.2, 0.25) is 0 Å². The van der Waals surface area contributed by atoms with E-state index in [0.717, 1.165) is 32.1 Å². The van der Waals surface area contributed by atoms with Crippen LogP contribution in [-0.4, -0.2) is 51.4 Å². The summed E-state index contributed by atoms with van der Waals surface area (Å²) in [6, 6.07) is 20.7. The summed E-state index contributed by atoms with van der Waals surface area (Å²) in [5.41, 5.74) is -2.32. The van der Waals surface area contributed by atoms with Crippen LogP contribution in [0.25, 0.3) is 0 Å². The molecule has 0 bridgehead atoms. The van der Waals surface area contributed by atoms with E-state index in [1.54, 1.807) is 67.6 Å². The Bertz CT molecular complexity index is 1540. The molecule has 46 heavy (non-hydrogen) atoms. The third-order valence-electron chi connectivity index (χ3n) is 8.29. The minimum Gasteiger partial charge on any atom is -0.460 e. The fourth-order valence-corrected chi connectivity index (χ4v) is 5.86. The second-order valence-electron chi connectivity index (χ2n) is 11.8. The maximum absolute atomic E-state index is 14.8. The largest absolute Gasteiger partial charge is 0.460 e. The summed E-state index contributed by atoms with van der Waals surface area (Å²) >= 11 is 6.28. The molecule has 1 heterocycles. The van der Waals surface area contributed by atoms with Crippen LogP contribution >= 0.6 is 11.6 Å². The summed E-state index contributed by atoms with van der Waals surface area (Å²) in [5.74, 6) is -5.37. The smallest absolute Gasteiger partial charge is 0.351 e. The number of ether oxygens (including phenoxy) is 1. The number of Topliss-reactive ketones (excluding diaryl/α,β-unsaturated/α-hetero) is 1. The van der Waals surface area contributed by atoms with Crippen molar-refractivity contribution in [1.82, 2.24) is 4.90 Å². The summed E-state index contributed by atoms with van der Waals surface area (Å²) < 4.78 is 6.10. The Kier molecular flexibility index (Phi) is 11.9. The lowest BCUT2D eigenvalue weighted by Gasteiger charge is -2.36. The second-order valence-corrected chi connectivity index (χ2v) is 12.5. The molecule has 1 aliphatic rings. The number of hydrogen-bond donors (Lipinski definition) is 1. The monoisotopic (exact) mass is 644 g/mol. The number of hydrogen-bond acceptors (Lipinski definition) is 6. The van der Waals surface area contributed by atoms with Gasteiger partial charge in [0.2, 0.25) is 5.78 Å². The summed E-state index contributed by atoms with van der Waals surface area (Å²) in [7, 11) is 0. The van der Waals surface area contributed by atoms with Gasteiger partial charge in [-0.3, -0.25) is 19.2 Å². The minimum absolute atomic E-state index is 0.00436. The van der Waals surface area contributed by atoms with Crippen molar-refractivity contribution in [2.75, 3.05) is 5.32 Å². The number of carbonyl (C=O) groups excluding carboxylic acids is 5. The summed E-state index contributed by atoms with van der Waals surface area (Å²) in [5, 5.41) is 2.43. The maximum atomic E-state index is 14.8. The Morgan fingerprint density at radius 1 is 0.804 bits per heavy atom. The molecule has 3 aromatic rings. The Balaban J connectivity index is 1.87. The number of aryl methyl sites for hydroxylation is 1. The first-order valence-electron chi connectivity index (χ1n) is 15.9. The summed E-state index contributed by atoms with van der Waals surface area (Å²) in [6.07, 6.45) is 5.48. The number of alkyl halides is 1. The van der Waals surface area contributed by atoms with Crippen molar-refractivity contribution in [3.05, 3.63) is 101 Å². The van der Waals surface area contributed by atoms with Gasteiger partial charge in [0.15, 0.2) is 0 Å². The lowest BCUT2D eigenvalue weighted by Crippen LogP contribution is -2.69. The van der Waals surface area contributed by atoms with Crippen LogP contribution < -0.4 is 5.32 Å². The van der Waals surface area contributed by atoms with Gasteiger partial charge in [-0.2, -0.15) is 0 Å². The van der Waals surface area contributed by atoms with Crippen LogP contribution in [0.4, 0.5) is 5.69 Å². The van der Waals surface area contributed by atoms with Crippen molar-refractivity contribution in [1.29, 1.82) is 0 Å². The van der Waals surface area contributed by atoms with Gasteiger partial charge in [-0.25, -0.2) is 9.69 Å². The minimum atomic E-state index is -3.01. The number of benzene rings is 3. The molecule has 1 N–H and O–H groups in total. The number of nitrogens with zero attached hydrogens (tertiary/aromatic N) is 1. The highest BCUT2D eigenvalue weighted by molar-refractivity contribution is 6.40. The number of amides is 3. The van der Waals surface area contributed by atoms with Gasteiger partial charge in [-0.05, 0) is 69.4 Å². The molecule has 3 aromatic carbocycles. The third-order valence-corrected chi connectivity index (χ3v) is 8.51. The van der Waals surface area contributed by atoms with Crippen LogP contribution in [0, 0.1) is 6.92 Å². The zero-order chi connectivity index (χ0) is 33.3. The van der Waals surface area contributed by atoms with Crippen LogP contribution in [0.5, 0.6) is 0 Å². The van der Waals surface area contributed by atoms with E-state index in [-0.39, 0.29) is 27.8 Å². The van der Waals surface area contributed by atoms with Gasteiger partial charge in [-0.1, -0.05) is 87.2 Å². The fourth-order valence-electron chi connectivity index (χ4n) is 5.73. The molecular weight excluding hydrogens is 604 g/mol. The molecule has 0 saturated heterocycles. The van der Waals surface area contributed by atoms with Gasteiger partial charge >= 0.3 is 5.97 Å². The number of halogens is 1. The fraction of sp³-hybridized carbons (Fsp3) is 0.378. The number of unbranched alkanes of at least 4 members (excludes halogenated alkanes) is 4. The van der Waals surface area contributed by atoms with Gasteiger partial charge in [0.1, 0.15) is 6.10 Å². The Morgan fingerprint density at radius 2 is 1.39 bits per heavy atom. The topological polar surface area (TPSA) is 110 Å². The van der Waals surface area contributed by atoms with Gasteiger partial charge in [-0.15, -0.1) is 11.6 Å². The molecule has 0 fully saturated rings. The zero-order valence-corrected chi connectivity index (χ0v) is 27.3. The van der Waals surface area contributed by atoms with Gasteiger partial charge in [0.25, 0.3) is 23.3 Å². The molecule has 3 unspecified atom stereocenters. The molecule has 0 aliphatic carbocycles. The van der Waals surface area contributed by atoms with E-state index in [1.807, 2.05) is 6.92 Å². The first-order chi connectivity index (χ1) is 22.1.